The molecule has 0 aliphatic heterocycles. The van der Waals surface area contributed by atoms with Gasteiger partial charge >= 0.3 is 0 Å². The summed E-state index contributed by atoms with van der Waals surface area (Å²) in [6.45, 7) is 5.60. The van der Waals surface area contributed by atoms with E-state index in [2.05, 4.69) is 107 Å². The molecule has 0 aliphatic rings. The van der Waals surface area contributed by atoms with Gasteiger partial charge in [-0.3, -0.25) is 5.32 Å². The van der Waals surface area contributed by atoms with Gasteiger partial charge in [0, 0.05) is 13.1 Å². The van der Waals surface area contributed by atoms with Gasteiger partial charge in [-0.25, -0.2) is 0 Å². The molecule has 0 heterocycles. The van der Waals surface area contributed by atoms with E-state index < -0.39 is 0 Å². The van der Waals surface area contributed by atoms with Crippen LogP contribution in [0.3, 0.4) is 0 Å². The molecule has 0 spiro atoms. The third kappa shape index (κ3) is 6.49. The van der Waals surface area contributed by atoms with Crippen molar-refractivity contribution in [3.8, 4) is 0 Å². The fourth-order valence-corrected chi connectivity index (χ4v) is 4.01. The van der Waals surface area contributed by atoms with Crippen LogP contribution in [0.15, 0.2) is 91.0 Å². The quantitative estimate of drug-likeness (QED) is 0.240. The van der Waals surface area contributed by atoms with Gasteiger partial charge in [-0.15, -0.1) is 0 Å². The van der Waals surface area contributed by atoms with Gasteiger partial charge in [0.15, 0.2) is 0 Å². The second-order valence-electron chi connectivity index (χ2n) is 7.77. The Hall–Kier alpha value is -2.50. The third-order valence-corrected chi connectivity index (χ3v) is 5.58. The number of nitrogens with one attached hydrogen (secondary N) is 3. The molecule has 3 rings (SSSR count). The smallest absolute Gasteiger partial charge is 0.0947 e. The van der Waals surface area contributed by atoms with Crippen molar-refractivity contribution in [1.82, 2.24) is 16.0 Å². The summed E-state index contributed by atoms with van der Waals surface area (Å²) in [5, 5.41) is 10.9. The zero-order chi connectivity index (χ0) is 21.6. The Labute approximate surface area is 187 Å². The summed E-state index contributed by atoms with van der Waals surface area (Å²) in [7, 11) is 0. The summed E-state index contributed by atoms with van der Waals surface area (Å²) in [5.74, 6) is 0. The van der Waals surface area contributed by atoms with Gasteiger partial charge in [0.25, 0.3) is 0 Å². The molecule has 164 valence electrons. The predicted molar refractivity (Wildman–Crippen MR) is 131 cm³/mol. The first-order valence-electron chi connectivity index (χ1n) is 11.4. The lowest BCUT2D eigenvalue weighted by atomic mass is 9.77. The van der Waals surface area contributed by atoms with Gasteiger partial charge in [-0.1, -0.05) is 91.0 Å². The molecule has 0 fully saturated rings. The van der Waals surface area contributed by atoms with Crippen LogP contribution in [0.2, 0.25) is 0 Å². The number of hydrogen-bond acceptors (Lipinski definition) is 4. The third-order valence-electron chi connectivity index (χ3n) is 5.58. The Morgan fingerprint density at radius 1 is 0.516 bits per heavy atom. The molecule has 0 atom stereocenters. The molecular weight excluding hydrogens is 380 g/mol. The van der Waals surface area contributed by atoms with Gasteiger partial charge in [0.05, 0.1) is 5.54 Å². The molecule has 0 bridgehead atoms. The maximum atomic E-state index is 5.52. The summed E-state index contributed by atoms with van der Waals surface area (Å²) in [6, 6.07) is 32.3. The molecule has 0 unspecified atom stereocenters. The Bertz CT molecular complexity index is 740. The van der Waals surface area contributed by atoms with E-state index in [4.69, 9.17) is 5.73 Å². The fraction of sp³-hybridized carbons (Fsp3) is 0.333. The van der Waals surface area contributed by atoms with Gasteiger partial charge in [-0.05, 0) is 55.7 Å². The van der Waals surface area contributed by atoms with Gasteiger partial charge in [-0.2, -0.15) is 0 Å². The van der Waals surface area contributed by atoms with Crippen LogP contribution >= 0.6 is 0 Å². The first-order valence-corrected chi connectivity index (χ1v) is 11.4. The van der Waals surface area contributed by atoms with Crippen LogP contribution in [-0.4, -0.2) is 39.3 Å². The van der Waals surface area contributed by atoms with Crippen molar-refractivity contribution in [2.45, 2.75) is 18.4 Å². The lowest BCUT2D eigenvalue weighted by Gasteiger charge is -2.37. The molecule has 0 amide bonds. The molecule has 31 heavy (non-hydrogen) atoms. The average Bonchev–Trinajstić information content (AvgIpc) is 2.84. The van der Waals surface area contributed by atoms with E-state index >= 15 is 0 Å². The molecular formula is C27H36N4. The van der Waals surface area contributed by atoms with E-state index in [-0.39, 0.29) is 5.54 Å². The number of benzene rings is 3. The van der Waals surface area contributed by atoms with E-state index in [1.165, 1.54) is 16.7 Å². The number of nitrogens with two attached hydrogens (primary N) is 1. The number of rotatable bonds is 14. The summed E-state index contributed by atoms with van der Waals surface area (Å²) in [6.07, 6.45) is 2.08. The maximum Gasteiger partial charge on any atom is 0.0947 e. The van der Waals surface area contributed by atoms with E-state index in [9.17, 15) is 0 Å². The van der Waals surface area contributed by atoms with Crippen molar-refractivity contribution in [1.29, 1.82) is 0 Å². The van der Waals surface area contributed by atoms with Crippen molar-refractivity contribution < 1.29 is 0 Å². The molecule has 4 heteroatoms. The normalized spacial score (nSPS) is 11.5. The molecule has 3 aromatic rings. The predicted octanol–water partition coefficient (Wildman–Crippen LogP) is 3.49. The molecule has 0 aromatic heterocycles. The van der Waals surface area contributed by atoms with E-state index in [0.29, 0.717) is 0 Å². The highest BCUT2D eigenvalue weighted by Crippen LogP contribution is 2.36. The molecule has 0 saturated heterocycles. The van der Waals surface area contributed by atoms with Crippen LogP contribution in [0.25, 0.3) is 0 Å². The van der Waals surface area contributed by atoms with Gasteiger partial charge in [0.1, 0.15) is 0 Å². The van der Waals surface area contributed by atoms with Crippen molar-refractivity contribution in [3.05, 3.63) is 108 Å². The Morgan fingerprint density at radius 3 is 1.35 bits per heavy atom. The zero-order valence-corrected chi connectivity index (χ0v) is 18.4. The average molecular weight is 417 g/mol. The number of hydrogen-bond donors (Lipinski definition) is 4. The van der Waals surface area contributed by atoms with E-state index in [1.807, 2.05) is 0 Å². The van der Waals surface area contributed by atoms with Crippen LogP contribution in [-0.2, 0) is 5.54 Å². The van der Waals surface area contributed by atoms with Crippen LogP contribution in [0.1, 0.15) is 29.5 Å². The second kappa shape index (κ2) is 13.0. The highest BCUT2D eigenvalue weighted by Gasteiger charge is 2.35. The summed E-state index contributed by atoms with van der Waals surface area (Å²) in [4.78, 5) is 0. The van der Waals surface area contributed by atoms with Gasteiger partial charge < -0.3 is 16.4 Å². The highest BCUT2D eigenvalue weighted by atomic mass is 15.0. The van der Waals surface area contributed by atoms with Gasteiger partial charge in [0.2, 0.25) is 0 Å². The van der Waals surface area contributed by atoms with Crippen molar-refractivity contribution >= 4 is 0 Å². The maximum absolute atomic E-state index is 5.52. The van der Waals surface area contributed by atoms with Crippen LogP contribution < -0.4 is 21.7 Å². The minimum atomic E-state index is -0.381. The summed E-state index contributed by atoms with van der Waals surface area (Å²) in [5.41, 5.74) is 8.90. The standard InChI is InChI=1S/C27H36N4/c28-18-10-19-29-22-23-30-20-11-21-31-27(24-12-4-1-5-13-24,25-14-6-2-7-15-25)26-16-8-3-9-17-26/h1-9,12-17,29-31H,10-11,18-23,28H2. The van der Waals surface area contributed by atoms with Crippen molar-refractivity contribution in [2.24, 2.45) is 5.73 Å². The minimum Gasteiger partial charge on any atom is -0.330 e. The topological polar surface area (TPSA) is 62.1 Å². The van der Waals surface area contributed by atoms with E-state index in [1.54, 1.807) is 0 Å². The molecule has 3 aromatic carbocycles. The lowest BCUT2D eigenvalue weighted by Crippen LogP contribution is -2.45. The molecule has 0 radical (unpaired) electrons. The first-order chi connectivity index (χ1) is 15.4. The molecule has 4 nitrogen and oxygen atoms in total. The monoisotopic (exact) mass is 416 g/mol. The molecule has 0 saturated carbocycles. The minimum absolute atomic E-state index is 0.381. The van der Waals surface area contributed by atoms with Crippen LogP contribution in [0.4, 0.5) is 0 Å². The van der Waals surface area contributed by atoms with Crippen molar-refractivity contribution in [3.63, 3.8) is 0 Å². The Balaban J connectivity index is 1.70. The molecule has 5 N–H and O–H groups in total. The zero-order valence-electron chi connectivity index (χ0n) is 18.4. The van der Waals surface area contributed by atoms with Crippen molar-refractivity contribution in [2.75, 3.05) is 39.3 Å². The summed E-state index contributed by atoms with van der Waals surface area (Å²) >= 11 is 0. The lowest BCUT2D eigenvalue weighted by molar-refractivity contribution is 0.458. The fourth-order valence-electron chi connectivity index (χ4n) is 4.01. The SMILES string of the molecule is NCCCNCCNCCCNC(c1ccccc1)(c1ccccc1)c1ccccc1. The highest BCUT2D eigenvalue weighted by molar-refractivity contribution is 5.49. The van der Waals surface area contributed by atoms with Crippen LogP contribution in [0, 0.1) is 0 Å². The first kappa shape index (κ1) is 23.2. The summed E-state index contributed by atoms with van der Waals surface area (Å²) < 4.78 is 0. The molecule has 0 aliphatic carbocycles. The second-order valence-corrected chi connectivity index (χ2v) is 7.77. The van der Waals surface area contributed by atoms with Crippen LogP contribution in [0.5, 0.6) is 0 Å². The largest absolute Gasteiger partial charge is 0.330 e. The van der Waals surface area contributed by atoms with E-state index in [0.717, 1.165) is 52.1 Å². The Kier molecular flexibility index (Phi) is 9.74. The Morgan fingerprint density at radius 2 is 0.935 bits per heavy atom.